The fourth-order valence-corrected chi connectivity index (χ4v) is 5.66. The van der Waals surface area contributed by atoms with Crippen molar-refractivity contribution < 1.29 is 24.2 Å². The van der Waals surface area contributed by atoms with Crippen LogP contribution < -0.4 is 5.32 Å². The number of hydrogen-bond acceptors (Lipinski definition) is 5. The number of fused-ring (bicyclic) bond motifs is 2. The van der Waals surface area contributed by atoms with E-state index >= 15 is 0 Å². The summed E-state index contributed by atoms with van der Waals surface area (Å²) < 4.78 is 4.98. The minimum Gasteiger partial charge on any atom is -0.481 e. The summed E-state index contributed by atoms with van der Waals surface area (Å²) in [6.07, 6.45) is 4.51. The van der Waals surface area contributed by atoms with Crippen LogP contribution in [0.4, 0.5) is 5.00 Å². The Kier molecular flexibility index (Phi) is 5.00. The number of carboxylic acids is 1. The van der Waals surface area contributed by atoms with Crippen LogP contribution in [0.2, 0.25) is 0 Å². The Morgan fingerprint density at radius 2 is 1.76 bits per heavy atom. The lowest BCUT2D eigenvalue weighted by Crippen LogP contribution is -2.36. The Hall–Kier alpha value is -2.93. The molecule has 150 valence electrons. The van der Waals surface area contributed by atoms with Gasteiger partial charge in [0.1, 0.15) is 10.6 Å². The van der Waals surface area contributed by atoms with Crippen molar-refractivity contribution in [1.82, 2.24) is 0 Å². The molecule has 0 spiro atoms. The zero-order valence-corrected chi connectivity index (χ0v) is 16.9. The molecule has 29 heavy (non-hydrogen) atoms. The molecule has 6 nitrogen and oxygen atoms in total. The number of hydrogen-bond donors (Lipinski definition) is 2. The number of thiophene rings is 1. The van der Waals surface area contributed by atoms with Crippen molar-refractivity contribution in [3.8, 4) is 11.1 Å². The van der Waals surface area contributed by atoms with Gasteiger partial charge in [-0.05, 0) is 30.7 Å². The second-order valence-electron chi connectivity index (χ2n) is 7.42. The maximum Gasteiger partial charge on any atom is 0.341 e. The van der Waals surface area contributed by atoms with Gasteiger partial charge in [-0.2, -0.15) is 0 Å². The quantitative estimate of drug-likeness (QED) is 0.574. The third-order valence-corrected chi connectivity index (χ3v) is 6.84. The van der Waals surface area contributed by atoms with Crippen LogP contribution in [0, 0.1) is 30.6 Å². The van der Waals surface area contributed by atoms with Crippen LogP contribution in [0.3, 0.4) is 0 Å². The van der Waals surface area contributed by atoms with E-state index in [9.17, 15) is 19.5 Å². The number of ether oxygens (including phenoxy) is 1. The molecule has 0 aliphatic heterocycles. The first-order valence-electron chi connectivity index (χ1n) is 9.41. The number of esters is 1. The van der Waals surface area contributed by atoms with Gasteiger partial charge in [0.25, 0.3) is 0 Å². The zero-order valence-electron chi connectivity index (χ0n) is 16.0. The van der Waals surface area contributed by atoms with Crippen molar-refractivity contribution in [3.05, 3.63) is 52.9 Å². The molecule has 0 saturated heterocycles. The molecule has 4 atom stereocenters. The molecule has 2 aliphatic carbocycles. The number of amides is 1. The van der Waals surface area contributed by atoms with Gasteiger partial charge in [-0.15, -0.1) is 11.3 Å². The molecule has 1 heterocycles. The number of methoxy groups -OCH3 is 1. The van der Waals surface area contributed by atoms with E-state index in [1.54, 1.807) is 0 Å². The highest BCUT2D eigenvalue weighted by molar-refractivity contribution is 7.17. The Morgan fingerprint density at radius 1 is 1.10 bits per heavy atom. The normalized spacial score (nSPS) is 24.5. The third kappa shape index (κ3) is 3.25. The van der Waals surface area contributed by atoms with Gasteiger partial charge < -0.3 is 15.2 Å². The topological polar surface area (TPSA) is 92.7 Å². The number of rotatable bonds is 5. The molecular weight excluding hydrogens is 390 g/mol. The van der Waals surface area contributed by atoms with E-state index in [0.29, 0.717) is 17.0 Å². The Balaban J connectivity index is 1.71. The van der Waals surface area contributed by atoms with Gasteiger partial charge >= 0.3 is 11.9 Å². The predicted molar refractivity (Wildman–Crippen MR) is 110 cm³/mol. The van der Waals surface area contributed by atoms with Crippen LogP contribution in [-0.2, 0) is 14.3 Å². The number of anilines is 1. The number of aryl methyl sites for hydroxylation is 1. The molecule has 1 saturated carbocycles. The smallest absolute Gasteiger partial charge is 0.341 e. The van der Waals surface area contributed by atoms with E-state index < -0.39 is 23.8 Å². The highest BCUT2D eigenvalue weighted by atomic mass is 32.1. The van der Waals surface area contributed by atoms with Gasteiger partial charge in [-0.3, -0.25) is 9.59 Å². The first kappa shape index (κ1) is 19.4. The average molecular weight is 411 g/mol. The lowest BCUT2D eigenvalue weighted by atomic mass is 9.82. The van der Waals surface area contributed by atoms with Crippen LogP contribution in [0.5, 0.6) is 0 Å². The van der Waals surface area contributed by atoms with E-state index in [-0.39, 0.29) is 17.7 Å². The van der Waals surface area contributed by atoms with Crippen LogP contribution in [0.25, 0.3) is 11.1 Å². The van der Waals surface area contributed by atoms with Crippen molar-refractivity contribution >= 4 is 34.2 Å². The van der Waals surface area contributed by atoms with E-state index in [1.165, 1.54) is 18.4 Å². The molecule has 2 N–H and O–H groups in total. The lowest BCUT2D eigenvalue weighted by Gasteiger charge is -2.23. The van der Waals surface area contributed by atoms with E-state index in [4.69, 9.17) is 4.74 Å². The Morgan fingerprint density at radius 3 is 2.38 bits per heavy atom. The fraction of sp³-hybridized carbons (Fsp3) is 0.318. The van der Waals surface area contributed by atoms with Crippen molar-refractivity contribution in [2.45, 2.75) is 13.3 Å². The standard InChI is InChI=1S/C22H21NO5S/c1-11-15(12-6-4-3-5-7-12)18(22(27)28-2)20(29-11)23-19(24)16-13-8-9-14(10-13)17(16)21(25)26/h3-9,13-14,16-17H,10H2,1-2H3,(H,23,24)(H,25,26)/t13-,14-,16+,17-/m0/s1. The minimum atomic E-state index is -0.956. The predicted octanol–water partition coefficient (Wildman–Crippen LogP) is 3.97. The molecule has 1 aromatic heterocycles. The summed E-state index contributed by atoms with van der Waals surface area (Å²) in [5, 5.41) is 12.9. The van der Waals surface area contributed by atoms with E-state index in [0.717, 1.165) is 16.0 Å². The number of carbonyl (C=O) groups is 3. The molecule has 1 fully saturated rings. The average Bonchev–Trinajstić information content (AvgIpc) is 3.40. The third-order valence-electron chi connectivity index (χ3n) is 5.82. The second kappa shape index (κ2) is 7.48. The first-order chi connectivity index (χ1) is 13.9. The lowest BCUT2D eigenvalue weighted by molar-refractivity contribution is -0.146. The first-order valence-corrected chi connectivity index (χ1v) is 10.2. The molecule has 4 rings (SSSR count). The van der Waals surface area contributed by atoms with Gasteiger partial charge in [0.15, 0.2) is 0 Å². The van der Waals surface area contributed by atoms with Crippen molar-refractivity contribution in [2.75, 3.05) is 12.4 Å². The van der Waals surface area contributed by atoms with Crippen LogP contribution >= 0.6 is 11.3 Å². The van der Waals surface area contributed by atoms with Crippen molar-refractivity contribution in [2.24, 2.45) is 23.7 Å². The Labute approximate surface area is 172 Å². The summed E-state index contributed by atoms with van der Waals surface area (Å²) in [5.74, 6) is -3.43. The van der Waals surface area contributed by atoms with E-state index in [1.807, 2.05) is 49.4 Å². The van der Waals surface area contributed by atoms with Gasteiger partial charge in [-0.1, -0.05) is 42.5 Å². The van der Waals surface area contributed by atoms with E-state index in [2.05, 4.69) is 5.32 Å². The number of benzene rings is 1. The molecular formula is C22H21NO5S. The monoisotopic (exact) mass is 411 g/mol. The van der Waals surface area contributed by atoms with Crippen LogP contribution in [0.1, 0.15) is 21.7 Å². The summed E-state index contributed by atoms with van der Waals surface area (Å²) in [5.41, 5.74) is 1.88. The van der Waals surface area contributed by atoms with Crippen molar-refractivity contribution in [1.29, 1.82) is 0 Å². The molecule has 2 bridgehead atoms. The molecule has 0 radical (unpaired) electrons. The molecule has 1 amide bonds. The van der Waals surface area contributed by atoms with Gasteiger partial charge in [-0.25, -0.2) is 4.79 Å². The van der Waals surface area contributed by atoms with Gasteiger partial charge in [0.2, 0.25) is 5.91 Å². The SMILES string of the molecule is COC(=O)c1c(NC(=O)[C@H]2[C@@H](C(=O)O)[C@H]3C=C[C@H]2C3)sc(C)c1-c1ccccc1. The largest absolute Gasteiger partial charge is 0.481 e. The molecule has 1 aromatic carbocycles. The fourth-order valence-electron chi connectivity index (χ4n) is 4.59. The highest BCUT2D eigenvalue weighted by Crippen LogP contribution is 2.49. The summed E-state index contributed by atoms with van der Waals surface area (Å²) in [7, 11) is 1.30. The second-order valence-corrected chi connectivity index (χ2v) is 8.65. The molecule has 7 heteroatoms. The maximum atomic E-state index is 13.1. The van der Waals surface area contributed by atoms with Crippen molar-refractivity contribution in [3.63, 3.8) is 0 Å². The summed E-state index contributed by atoms with van der Waals surface area (Å²) in [6.45, 7) is 1.88. The molecule has 2 aliphatic rings. The summed E-state index contributed by atoms with van der Waals surface area (Å²) in [4.78, 5) is 38.3. The molecule has 2 aromatic rings. The zero-order chi connectivity index (χ0) is 20.7. The minimum absolute atomic E-state index is 0.0858. The summed E-state index contributed by atoms with van der Waals surface area (Å²) >= 11 is 1.30. The molecule has 0 unspecified atom stereocenters. The highest BCUT2D eigenvalue weighted by Gasteiger charge is 2.51. The van der Waals surface area contributed by atoms with Crippen LogP contribution in [0.15, 0.2) is 42.5 Å². The number of carboxylic acid groups (broad SMARTS) is 1. The number of nitrogens with one attached hydrogen (secondary N) is 1. The number of aliphatic carboxylic acids is 1. The summed E-state index contributed by atoms with van der Waals surface area (Å²) in [6, 6.07) is 9.44. The number of carbonyl (C=O) groups excluding carboxylic acids is 2. The maximum absolute atomic E-state index is 13.1. The Bertz CT molecular complexity index is 1010. The number of allylic oxidation sites excluding steroid dienone is 2. The van der Waals surface area contributed by atoms with Crippen LogP contribution in [-0.4, -0.2) is 30.1 Å². The van der Waals surface area contributed by atoms with Gasteiger partial charge in [0, 0.05) is 10.4 Å². The van der Waals surface area contributed by atoms with Gasteiger partial charge in [0.05, 0.1) is 18.9 Å².